The lowest BCUT2D eigenvalue weighted by Crippen LogP contribution is -2.38. The molecule has 2 atom stereocenters. The number of unbranched alkanes of at least 4 members (excludes halogenated alkanes) is 1. The Morgan fingerprint density at radius 3 is 2.52 bits per heavy atom. The number of carbonyl (C=O) groups excluding carboxylic acids is 1. The van der Waals surface area contributed by atoms with Crippen molar-refractivity contribution in [3.8, 4) is 5.75 Å². The largest absolute Gasteiger partial charge is 0.481 e. The van der Waals surface area contributed by atoms with E-state index in [1.165, 1.54) is 19.3 Å². The number of rotatable bonds is 9. The van der Waals surface area contributed by atoms with Crippen LogP contribution < -0.4 is 10.1 Å². The van der Waals surface area contributed by atoms with Crippen LogP contribution in [0.25, 0.3) is 0 Å². The van der Waals surface area contributed by atoms with Crippen molar-refractivity contribution in [2.45, 2.75) is 52.6 Å². The summed E-state index contributed by atoms with van der Waals surface area (Å²) in [6.45, 7) is 6.84. The molecule has 0 spiro atoms. The maximum atomic E-state index is 12.0. The lowest BCUT2D eigenvalue weighted by Gasteiger charge is -2.18. The Kier molecular flexibility index (Phi) is 8.21. The SMILES string of the molecule is CCCC[C@H](CC)CNC(=O)[C@@H](C)Oc1ccc(Cl)cc1. The topological polar surface area (TPSA) is 38.3 Å². The predicted octanol–water partition coefficient (Wildman–Crippen LogP) is 4.44. The standard InChI is InChI=1S/C17H26ClNO2/c1-4-6-7-14(5-2)12-19-17(20)13(3)21-16-10-8-15(18)9-11-16/h8-11,13-14H,4-7,12H2,1-3H3,(H,19,20)/t13-,14+/m1/s1. The number of carbonyl (C=O) groups is 1. The molecular weight excluding hydrogens is 286 g/mol. The number of halogens is 1. The highest BCUT2D eigenvalue weighted by molar-refractivity contribution is 6.30. The number of amides is 1. The van der Waals surface area contributed by atoms with Crippen LogP contribution in [0.2, 0.25) is 5.02 Å². The van der Waals surface area contributed by atoms with Crippen molar-refractivity contribution in [1.82, 2.24) is 5.32 Å². The smallest absolute Gasteiger partial charge is 0.260 e. The summed E-state index contributed by atoms with van der Waals surface area (Å²) in [6, 6.07) is 7.03. The van der Waals surface area contributed by atoms with E-state index in [1.807, 2.05) is 0 Å². The van der Waals surface area contributed by atoms with Crippen LogP contribution in [0.3, 0.4) is 0 Å². The van der Waals surface area contributed by atoms with Gasteiger partial charge in [0.1, 0.15) is 5.75 Å². The molecule has 0 aliphatic heterocycles. The second-order valence-corrected chi connectivity index (χ2v) is 5.81. The van der Waals surface area contributed by atoms with Crippen LogP contribution in [-0.4, -0.2) is 18.6 Å². The summed E-state index contributed by atoms with van der Waals surface area (Å²) in [4.78, 5) is 12.0. The molecule has 1 aromatic rings. The third kappa shape index (κ3) is 6.85. The van der Waals surface area contributed by atoms with Crippen molar-refractivity contribution >= 4 is 17.5 Å². The number of hydrogen-bond donors (Lipinski definition) is 1. The molecule has 4 heteroatoms. The van der Waals surface area contributed by atoms with Crippen LogP contribution in [0.5, 0.6) is 5.75 Å². The Labute approximate surface area is 133 Å². The summed E-state index contributed by atoms with van der Waals surface area (Å²) in [5, 5.41) is 3.64. The maximum absolute atomic E-state index is 12.0. The van der Waals surface area contributed by atoms with Crippen LogP contribution >= 0.6 is 11.6 Å². The van der Waals surface area contributed by atoms with Gasteiger partial charge in [-0.25, -0.2) is 0 Å². The van der Waals surface area contributed by atoms with Crippen molar-refractivity contribution in [3.63, 3.8) is 0 Å². The zero-order chi connectivity index (χ0) is 15.7. The number of ether oxygens (including phenoxy) is 1. The first-order valence-corrected chi connectivity index (χ1v) is 8.14. The highest BCUT2D eigenvalue weighted by Gasteiger charge is 2.16. The van der Waals surface area contributed by atoms with Crippen molar-refractivity contribution in [2.75, 3.05) is 6.54 Å². The Balaban J connectivity index is 2.38. The molecule has 0 saturated heterocycles. The average Bonchev–Trinajstić information content (AvgIpc) is 2.49. The predicted molar refractivity (Wildman–Crippen MR) is 87.9 cm³/mol. The highest BCUT2D eigenvalue weighted by Crippen LogP contribution is 2.17. The van der Waals surface area contributed by atoms with Gasteiger partial charge in [0.05, 0.1) is 0 Å². The van der Waals surface area contributed by atoms with E-state index in [4.69, 9.17) is 16.3 Å². The van der Waals surface area contributed by atoms with Gasteiger partial charge in [0.15, 0.2) is 6.10 Å². The van der Waals surface area contributed by atoms with Crippen molar-refractivity contribution < 1.29 is 9.53 Å². The third-order valence-electron chi connectivity index (χ3n) is 3.60. The van der Waals surface area contributed by atoms with E-state index in [1.54, 1.807) is 31.2 Å². The summed E-state index contributed by atoms with van der Waals surface area (Å²) in [5.74, 6) is 1.14. The molecule has 0 aliphatic carbocycles. The van der Waals surface area contributed by atoms with E-state index in [-0.39, 0.29) is 5.91 Å². The maximum Gasteiger partial charge on any atom is 0.260 e. The molecule has 1 N–H and O–H groups in total. The van der Waals surface area contributed by atoms with E-state index >= 15 is 0 Å². The van der Waals surface area contributed by atoms with E-state index < -0.39 is 6.10 Å². The second-order valence-electron chi connectivity index (χ2n) is 5.38. The van der Waals surface area contributed by atoms with Crippen molar-refractivity contribution in [2.24, 2.45) is 5.92 Å². The molecule has 0 aliphatic rings. The summed E-state index contributed by atoms with van der Waals surface area (Å²) < 4.78 is 5.61. The normalized spacial score (nSPS) is 13.5. The molecule has 1 rings (SSSR count). The van der Waals surface area contributed by atoms with Gasteiger partial charge in [0, 0.05) is 11.6 Å². The van der Waals surface area contributed by atoms with Crippen LogP contribution in [-0.2, 0) is 4.79 Å². The van der Waals surface area contributed by atoms with Crippen LogP contribution in [0.1, 0.15) is 46.5 Å². The Bertz CT molecular complexity index is 419. The number of hydrogen-bond acceptors (Lipinski definition) is 2. The molecule has 0 aromatic heterocycles. The van der Waals surface area contributed by atoms with Crippen LogP contribution in [0, 0.1) is 5.92 Å². The molecule has 0 heterocycles. The molecule has 21 heavy (non-hydrogen) atoms. The van der Waals surface area contributed by atoms with E-state index in [0.29, 0.717) is 16.7 Å². The Morgan fingerprint density at radius 1 is 1.29 bits per heavy atom. The van der Waals surface area contributed by atoms with Crippen LogP contribution in [0.15, 0.2) is 24.3 Å². The fourth-order valence-electron chi connectivity index (χ4n) is 2.10. The minimum atomic E-state index is -0.505. The molecular formula is C17H26ClNO2. The summed E-state index contributed by atoms with van der Waals surface area (Å²) in [5.41, 5.74) is 0. The van der Waals surface area contributed by atoms with Crippen molar-refractivity contribution in [1.29, 1.82) is 0 Å². The molecule has 1 amide bonds. The molecule has 0 radical (unpaired) electrons. The molecule has 1 aromatic carbocycles. The van der Waals surface area contributed by atoms with Gasteiger partial charge < -0.3 is 10.1 Å². The van der Waals surface area contributed by atoms with Gasteiger partial charge in [-0.15, -0.1) is 0 Å². The fraction of sp³-hybridized carbons (Fsp3) is 0.588. The van der Waals surface area contributed by atoms with Gasteiger partial charge in [-0.05, 0) is 43.5 Å². The monoisotopic (exact) mass is 311 g/mol. The molecule has 118 valence electrons. The first kappa shape index (κ1) is 17.8. The minimum absolute atomic E-state index is 0.0695. The van der Waals surface area contributed by atoms with Gasteiger partial charge in [-0.1, -0.05) is 44.7 Å². The van der Waals surface area contributed by atoms with Gasteiger partial charge in [0.2, 0.25) is 0 Å². The minimum Gasteiger partial charge on any atom is -0.481 e. The molecule has 3 nitrogen and oxygen atoms in total. The van der Waals surface area contributed by atoms with E-state index in [0.717, 1.165) is 13.0 Å². The van der Waals surface area contributed by atoms with Gasteiger partial charge in [0.25, 0.3) is 5.91 Å². The molecule has 0 fully saturated rings. The first-order valence-electron chi connectivity index (χ1n) is 7.76. The quantitative estimate of drug-likeness (QED) is 0.732. The van der Waals surface area contributed by atoms with E-state index in [2.05, 4.69) is 19.2 Å². The van der Waals surface area contributed by atoms with Gasteiger partial charge >= 0.3 is 0 Å². The summed E-state index contributed by atoms with van der Waals surface area (Å²) in [6.07, 6.45) is 4.16. The molecule has 0 unspecified atom stereocenters. The van der Waals surface area contributed by atoms with E-state index in [9.17, 15) is 4.79 Å². The van der Waals surface area contributed by atoms with Crippen molar-refractivity contribution in [3.05, 3.63) is 29.3 Å². The fourth-order valence-corrected chi connectivity index (χ4v) is 2.23. The summed E-state index contributed by atoms with van der Waals surface area (Å²) >= 11 is 5.82. The van der Waals surface area contributed by atoms with Gasteiger partial charge in [-0.2, -0.15) is 0 Å². The lowest BCUT2D eigenvalue weighted by molar-refractivity contribution is -0.127. The molecule has 0 bridgehead atoms. The first-order chi connectivity index (χ1) is 10.1. The zero-order valence-electron chi connectivity index (χ0n) is 13.2. The average molecular weight is 312 g/mol. The Hall–Kier alpha value is -1.22. The zero-order valence-corrected chi connectivity index (χ0v) is 14.0. The number of nitrogens with one attached hydrogen (secondary N) is 1. The lowest BCUT2D eigenvalue weighted by atomic mass is 9.99. The molecule has 0 saturated carbocycles. The van der Waals surface area contributed by atoms with Crippen LogP contribution in [0.4, 0.5) is 0 Å². The van der Waals surface area contributed by atoms with Gasteiger partial charge in [-0.3, -0.25) is 4.79 Å². The second kappa shape index (κ2) is 9.67. The Morgan fingerprint density at radius 2 is 1.95 bits per heavy atom. The third-order valence-corrected chi connectivity index (χ3v) is 3.86. The summed E-state index contributed by atoms with van der Waals surface area (Å²) in [7, 11) is 0. The number of benzene rings is 1. The highest BCUT2D eigenvalue weighted by atomic mass is 35.5.